The maximum atomic E-state index is 12.9. The van der Waals surface area contributed by atoms with Crippen LogP contribution in [0.2, 0.25) is 0 Å². The lowest BCUT2D eigenvalue weighted by molar-refractivity contribution is -0.147. The smallest absolute Gasteiger partial charge is 0.252 e. The fourth-order valence-electron chi connectivity index (χ4n) is 3.75. The van der Waals surface area contributed by atoms with Crippen LogP contribution < -0.4 is 0 Å². The highest BCUT2D eigenvalue weighted by Gasteiger charge is 2.38. The molecule has 1 aliphatic heterocycles. The lowest BCUT2D eigenvalue weighted by Gasteiger charge is -2.33. The van der Waals surface area contributed by atoms with Crippen LogP contribution in [0, 0.1) is 0 Å². The minimum absolute atomic E-state index is 0.0264. The molecule has 126 valence electrons. The van der Waals surface area contributed by atoms with Gasteiger partial charge in [0.15, 0.2) is 0 Å². The van der Waals surface area contributed by atoms with Gasteiger partial charge in [-0.05, 0) is 38.2 Å². The molecule has 1 heterocycles. The summed E-state index contributed by atoms with van der Waals surface area (Å²) in [5, 5.41) is 10.7. The average molecular weight is 317 g/mol. The number of ether oxygens (including phenoxy) is 1. The topological polar surface area (TPSA) is 49.8 Å². The van der Waals surface area contributed by atoms with Crippen molar-refractivity contribution < 1.29 is 14.6 Å². The van der Waals surface area contributed by atoms with Gasteiger partial charge in [-0.15, -0.1) is 0 Å². The van der Waals surface area contributed by atoms with Crippen molar-refractivity contribution in [2.24, 2.45) is 0 Å². The summed E-state index contributed by atoms with van der Waals surface area (Å²) in [5.74, 6) is 0.0264. The number of hydrogen-bond donors (Lipinski definition) is 1. The monoisotopic (exact) mass is 317 g/mol. The molecule has 2 fully saturated rings. The van der Waals surface area contributed by atoms with E-state index in [4.69, 9.17) is 4.74 Å². The van der Waals surface area contributed by atoms with Gasteiger partial charge in [-0.3, -0.25) is 4.79 Å². The van der Waals surface area contributed by atoms with Crippen molar-refractivity contribution >= 4 is 5.91 Å². The van der Waals surface area contributed by atoms with Gasteiger partial charge in [0.1, 0.15) is 6.10 Å². The molecule has 4 heteroatoms. The number of aliphatic hydroxyl groups is 1. The summed E-state index contributed by atoms with van der Waals surface area (Å²) in [6.45, 7) is 2.96. The second-order valence-electron chi connectivity index (χ2n) is 7.12. The van der Waals surface area contributed by atoms with E-state index in [9.17, 15) is 9.90 Å². The zero-order chi connectivity index (χ0) is 16.3. The molecular formula is C19H27NO3. The fourth-order valence-corrected chi connectivity index (χ4v) is 3.75. The van der Waals surface area contributed by atoms with Crippen LogP contribution in [0.3, 0.4) is 0 Å². The average Bonchev–Trinajstić information content (AvgIpc) is 3.16. The number of rotatable bonds is 5. The van der Waals surface area contributed by atoms with Crippen molar-refractivity contribution in [2.75, 3.05) is 6.54 Å². The molecule has 0 radical (unpaired) electrons. The van der Waals surface area contributed by atoms with Crippen LogP contribution in [0.4, 0.5) is 0 Å². The van der Waals surface area contributed by atoms with Crippen molar-refractivity contribution in [3.63, 3.8) is 0 Å². The quantitative estimate of drug-likeness (QED) is 0.908. The standard InChI is InChI=1S/C19H27NO3/c1-15-9-10-17(23-15)18(21)20(13-16-7-3-2-4-8-16)14-19(22)11-5-6-12-19/h2-4,7-8,15,17,22H,5-6,9-14H2,1H3. The Kier molecular flexibility index (Phi) is 5.02. The fraction of sp³-hybridized carbons (Fsp3) is 0.632. The third-order valence-corrected chi connectivity index (χ3v) is 5.05. The van der Waals surface area contributed by atoms with Crippen LogP contribution in [0.15, 0.2) is 30.3 Å². The number of carbonyl (C=O) groups is 1. The van der Waals surface area contributed by atoms with Gasteiger partial charge in [-0.1, -0.05) is 43.2 Å². The van der Waals surface area contributed by atoms with Crippen molar-refractivity contribution in [3.8, 4) is 0 Å². The van der Waals surface area contributed by atoms with E-state index in [0.717, 1.165) is 44.1 Å². The Morgan fingerprint density at radius 3 is 2.57 bits per heavy atom. The molecule has 1 saturated carbocycles. The molecule has 2 unspecified atom stereocenters. The highest BCUT2D eigenvalue weighted by Crippen LogP contribution is 2.31. The van der Waals surface area contributed by atoms with E-state index in [0.29, 0.717) is 13.1 Å². The Morgan fingerprint density at radius 2 is 1.96 bits per heavy atom. The first-order valence-electron chi connectivity index (χ1n) is 8.76. The number of benzene rings is 1. The molecule has 1 aromatic rings. The minimum Gasteiger partial charge on any atom is -0.388 e. The van der Waals surface area contributed by atoms with Gasteiger partial charge in [0, 0.05) is 13.1 Å². The van der Waals surface area contributed by atoms with Crippen molar-refractivity contribution in [2.45, 2.75) is 69.8 Å². The summed E-state index contributed by atoms with van der Waals surface area (Å²) in [4.78, 5) is 14.7. The summed E-state index contributed by atoms with van der Waals surface area (Å²) in [6.07, 6.45) is 5.17. The second kappa shape index (κ2) is 7.02. The molecule has 0 spiro atoms. The first kappa shape index (κ1) is 16.5. The van der Waals surface area contributed by atoms with E-state index in [1.807, 2.05) is 42.2 Å². The molecule has 1 N–H and O–H groups in total. The highest BCUT2D eigenvalue weighted by molar-refractivity contribution is 5.81. The van der Waals surface area contributed by atoms with Gasteiger partial charge in [0.05, 0.1) is 11.7 Å². The van der Waals surface area contributed by atoms with Crippen LogP contribution in [0.25, 0.3) is 0 Å². The van der Waals surface area contributed by atoms with Crippen LogP contribution in [-0.2, 0) is 16.1 Å². The number of carbonyl (C=O) groups excluding carboxylic acids is 1. The van der Waals surface area contributed by atoms with Crippen LogP contribution >= 0.6 is 0 Å². The van der Waals surface area contributed by atoms with Gasteiger partial charge in [0.2, 0.25) is 0 Å². The zero-order valence-electron chi connectivity index (χ0n) is 13.9. The van der Waals surface area contributed by atoms with Crippen molar-refractivity contribution in [1.82, 2.24) is 4.90 Å². The molecule has 1 aromatic carbocycles. The van der Waals surface area contributed by atoms with E-state index < -0.39 is 5.60 Å². The molecule has 4 nitrogen and oxygen atoms in total. The first-order valence-corrected chi connectivity index (χ1v) is 8.76. The first-order chi connectivity index (χ1) is 11.1. The predicted octanol–water partition coefficient (Wildman–Crippen LogP) is 2.89. The molecule has 2 aliphatic rings. The van der Waals surface area contributed by atoms with Gasteiger partial charge >= 0.3 is 0 Å². The lowest BCUT2D eigenvalue weighted by Crippen LogP contribution is -2.47. The van der Waals surface area contributed by atoms with Gasteiger partial charge in [-0.25, -0.2) is 0 Å². The summed E-state index contributed by atoms with van der Waals surface area (Å²) in [6, 6.07) is 9.99. The van der Waals surface area contributed by atoms with Crippen LogP contribution in [0.5, 0.6) is 0 Å². The van der Waals surface area contributed by atoms with Crippen LogP contribution in [0.1, 0.15) is 51.0 Å². The maximum absolute atomic E-state index is 12.9. The van der Waals surface area contributed by atoms with Crippen LogP contribution in [-0.4, -0.2) is 40.3 Å². The Balaban J connectivity index is 1.73. The Labute approximate surface area is 138 Å². The molecule has 2 atom stereocenters. The van der Waals surface area contributed by atoms with E-state index in [2.05, 4.69) is 0 Å². The number of amides is 1. The minimum atomic E-state index is -0.728. The summed E-state index contributed by atoms with van der Waals surface area (Å²) < 4.78 is 5.77. The molecule has 23 heavy (non-hydrogen) atoms. The molecular weight excluding hydrogens is 290 g/mol. The largest absolute Gasteiger partial charge is 0.388 e. The Hall–Kier alpha value is -1.39. The number of hydrogen-bond acceptors (Lipinski definition) is 3. The number of nitrogens with zero attached hydrogens (tertiary/aromatic N) is 1. The molecule has 0 bridgehead atoms. The normalized spacial score (nSPS) is 26.3. The molecule has 3 rings (SSSR count). The summed E-state index contributed by atoms with van der Waals surface area (Å²) in [5.41, 5.74) is 0.364. The Morgan fingerprint density at radius 1 is 1.26 bits per heavy atom. The zero-order valence-corrected chi connectivity index (χ0v) is 13.9. The summed E-state index contributed by atoms with van der Waals surface area (Å²) >= 11 is 0. The molecule has 1 amide bonds. The van der Waals surface area contributed by atoms with Gasteiger partial charge < -0.3 is 14.7 Å². The van der Waals surface area contributed by atoms with Gasteiger partial charge in [0.25, 0.3) is 5.91 Å². The van der Waals surface area contributed by atoms with E-state index in [-0.39, 0.29) is 18.1 Å². The van der Waals surface area contributed by atoms with E-state index >= 15 is 0 Å². The molecule has 1 saturated heterocycles. The maximum Gasteiger partial charge on any atom is 0.252 e. The summed E-state index contributed by atoms with van der Waals surface area (Å²) in [7, 11) is 0. The van der Waals surface area contributed by atoms with E-state index in [1.54, 1.807) is 0 Å². The van der Waals surface area contributed by atoms with Crippen molar-refractivity contribution in [3.05, 3.63) is 35.9 Å². The molecule has 0 aromatic heterocycles. The highest BCUT2D eigenvalue weighted by atomic mass is 16.5. The second-order valence-corrected chi connectivity index (χ2v) is 7.12. The Bertz CT molecular complexity index is 525. The predicted molar refractivity (Wildman–Crippen MR) is 88.8 cm³/mol. The third-order valence-electron chi connectivity index (χ3n) is 5.05. The lowest BCUT2D eigenvalue weighted by atomic mass is 10.0. The third kappa shape index (κ3) is 4.12. The van der Waals surface area contributed by atoms with Gasteiger partial charge in [-0.2, -0.15) is 0 Å². The SMILES string of the molecule is CC1CCC(C(=O)N(Cc2ccccc2)CC2(O)CCCC2)O1. The van der Waals surface area contributed by atoms with Crippen molar-refractivity contribution in [1.29, 1.82) is 0 Å². The van der Waals surface area contributed by atoms with E-state index in [1.165, 1.54) is 0 Å². The molecule has 1 aliphatic carbocycles.